The van der Waals surface area contributed by atoms with Crippen LogP contribution >= 0.6 is 0 Å². The summed E-state index contributed by atoms with van der Waals surface area (Å²) in [5.74, 6) is 1.61. The molecule has 1 radical (unpaired) electrons. The Morgan fingerprint density at radius 1 is 1.17 bits per heavy atom. The van der Waals surface area contributed by atoms with Crippen molar-refractivity contribution >= 4 is 6.09 Å². The fourth-order valence-electron chi connectivity index (χ4n) is 2.03. The summed E-state index contributed by atoms with van der Waals surface area (Å²) < 4.78 is 4.93. The van der Waals surface area contributed by atoms with Crippen molar-refractivity contribution in [2.75, 3.05) is 0 Å². The van der Waals surface area contributed by atoms with Gasteiger partial charge in [0.1, 0.15) is 5.75 Å². The molecule has 0 aliphatic heterocycles. The lowest BCUT2D eigenvalue weighted by Gasteiger charge is -2.13. The van der Waals surface area contributed by atoms with Crippen molar-refractivity contribution < 1.29 is 9.53 Å². The lowest BCUT2D eigenvalue weighted by Crippen LogP contribution is -2.09. The Bertz CT molecular complexity index is 411. The van der Waals surface area contributed by atoms with Crippen molar-refractivity contribution in [1.82, 2.24) is 5.73 Å². The van der Waals surface area contributed by atoms with E-state index < -0.39 is 6.09 Å². The number of carbonyl (C=O) groups excluding carboxylic acids is 1. The third-order valence-electron chi connectivity index (χ3n) is 2.60. The first-order valence-electron chi connectivity index (χ1n) is 6.43. The van der Waals surface area contributed by atoms with E-state index >= 15 is 0 Å². The van der Waals surface area contributed by atoms with Crippen molar-refractivity contribution in [1.29, 1.82) is 0 Å². The van der Waals surface area contributed by atoms with Gasteiger partial charge in [-0.1, -0.05) is 39.8 Å². The molecule has 1 aromatic carbocycles. The minimum Gasteiger partial charge on any atom is -0.409 e. The molecule has 1 N–H and O–H groups in total. The molecule has 0 bridgehead atoms. The van der Waals surface area contributed by atoms with Gasteiger partial charge in [-0.25, -0.2) is 10.5 Å². The monoisotopic (exact) mass is 248 g/mol. The Morgan fingerprint density at radius 2 is 1.78 bits per heavy atom. The molecule has 0 aromatic heterocycles. The highest BCUT2D eigenvalue weighted by molar-refractivity contribution is 5.67. The molecule has 18 heavy (non-hydrogen) atoms. The highest BCUT2D eigenvalue weighted by atomic mass is 16.5. The summed E-state index contributed by atoms with van der Waals surface area (Å²) in [6, 6.07) is 5.88. The molecule has 1 rings (SSSR count). The number of benzene rings is 1. The molecule has 0 heterocycles. The van der Waals surface area contributed by atoms with Crippen molar-refractivity contribution in [2.45, 2.75) is 40.5 Å². The van der Waals surface area contributed by atoms with Crippen molar-refractivity contribution in [2.24, 2.45) is 11.8 Å². The Hall–Kier alpha value is -1.51. The second kappa shape index (κ2) is 6.43. The van der Waals surface area contributed by atoms with E-state index in [2.05, 4.69) is 33.8 Å². The summed E-state index contributed by atoms with van der Waals surface area (Å²) in [4.78, 5) is 10.8. The minimum absolute atomic E-state index is 0.488. The fraction of sp³-hybridized carbons (Fsp3) is 0.533. The van der Waals surface area contributed by atoms with Gasteiger partial charge in [-0.2, -0.15) is 0 Å². The number of rotatable bonds is 5. The van der Waals surface area contributed by atoms with Crippen LogP contribution in [0.25, 0.3) is 0 Å². The predicted molar refractivity (Wildman–Crippen MR) is 72.6 cm³/mol. The molecule has 0 aliphatic carbocycles. The summed E-state index contributed by atoms with van der Waals surface area (Å²) >= 11 is 0. The Kier molecular flexibility index (Phi) is 5.20. The summed E-state index contributed by atoms with van der Waals surface area (Å²) in [6.45, 7) is 8.61. The van der Waals surface area contributed by atoms with Crippen LogP contribution in [0, 0.1) is 11.8 Å². The second-order valence-electron chi connectivity index (χ2n) is 5.53. The third kappa shape index (κ3) is 4.78. The van der Waals surface area contributed by atoms with E-state index in [0.717, 1.165) is 18.4 Å². The van der Waals surface area contributed by atoms with Gasteiger partial charge in [-0.05, 0) is 41.9 Å². The zero-order valence-electron chi connectivity index (χ0n) is 11.6. The Balaban J connectivity index is 2.99. The van der Waals surface area contributed by atoms with Crippen LogP contribution in [0.5, 0.6) is 5.75 Å². The minimum atomic E-state index is -1.00. The first-order valence-corrected chi connectivity index (χ1v) is 6.43. The predicted octanol–water partition coefficient (Wildman–Crippen LogP) is 3.87. The van der Waals surface area contributed by atoms with Gasteiger partial charge in [0.25, 0.3) is 0 Å². The van der Waals surface area contributed by atoms with E-state index in [4.69, 9.17) is 10.5 Å². The van der Waals surface area contributed by atoms with Gasteiger partial charge in [0.2, 0.25) is 0 Å². The molecule has 0 spiro atoms. The average Bonchev–Trinajstić information content (AvgIpc) is 2.19. The van der Waals surface area contributed by atoms with Crippen LogP contribution in [0.1, 0.15) is 38.8 Å². The fourth-order valence-corrected chi connectivity index (χ4v) is 2.03. The van der Waals surface area contributed by atoms with Crippen LogP contribution in [-0.2, 0) is 12.8 Å². The van der Waals surface area contributed by atoms with Gasteiger partial charge in [-0.3, -0.25) is 0 Å². The van der Waals surface area contributed by atoms with Gasteiger partial charge in [0, 0.05) is 0 Å². The van der Waals surface area contributed by atoms with E-state index in [0.29, 0.717) is 17.6 Å². The van der Waals surface area contributed by atoms with Gasteiger partial charge < -0.3 is 4.74 Å². The molecule has 3 heteroatoms. The number of nitrogens with one attached hydrogen (secondary N) is 1. The second-order valence-corrected chi connectivity index (χ2v) is 5.53. The molecule has 0 saturated carbocycles. The lowest BCUT2D eigenvalue weighted by atomic mass is 9.96. The SMILES string of the molecule is CC(C)Cc1ccc(OC([NH])=O)c(CC(C)C)c1. The van der Waals surface area contributed by atoms with E-state index in [1.54, 1.807) is 0 Å². The Morgan fingerprint density at radius 3 is 2.28 bits per heavy atom. The molecule has 0 aliphatic rings. The first kappa shape index (κ1) is 14.6. The van der Waals surface area contributed by atoms with E-state index in [1.807, 2.05) is 12.1 Å². The van der Waals surface area contributed by atoms with Crippen LogP contribution < -0.4 is 10.5 Å². The summed E-state index contributed by atoms with van der Waals surface area (Å²) in [5.41, 5.74) is 9.17. The van der Waals surface area contributed by atoms with Gasteiger partial charge in [0.15, 0.2) is 0 Å². The van der Waals surface area contributed by atoms with Gasteiger partial charge >= 0.3 is 6.09 Å². The summed E-state index contributed by atoms with van der Waals surface area (Å²) in [5, 5.41) is 0. The van der Waals surface area contributed by atoms with Crippen LogP contribution in [0.2, 0.25) is 0 Å². The first-order chi connectivity index (χ1) is 8.38. The molecule has 3 nitrogen and oxygen atoms in total. The Labute approximate surface area is 109 Å². The van der Waals surface area contributed by atoms with Crippen molar-refractivity contribution in [3.05, 3.63) is 29.3 Å². The molecule has 1 amide bonds. The maximum atomic E-state index is 10.8. The zero-order chi connectivity index (χ0) is 13.7. The molecular formula is C15H22NO2. The normalized spacial score (nSPS) is 11.0. The summed E-state index contributed by atoms with van der Waals surface area (Å²) in [7, 11) is 0. The molecule has 0 atom stereocenters. The highest BCUT2D eigenvalue weighted by Gasteiger charge is 2.10. The van der Waals surface area contributed by atoms with E-state index in [1.165, 1.54) is 5.56 Å². The number of hydrogen-bond acceptors (Lipinski definition) is 2. The molecule has 0 fully saturated rings. The van der Waals surface area contributed by atoms with E-state index in [9.17, 15) is 4.79 Å². The standard InChI is InChI=1S/C15H22NO2/c1-10(2)7-12-5-6-14(18-15(16)17)13(9-12)8-11(3)4/h5-6,9-11,16H,7-8H2,1-4H3. The van der Waals surface area contributed by atoms with Crippen LogP contribution in [0.4, 0.5) is 4.79 Å². The third-order valence-corrected chi connectivity index (χ3v) is 2.60. The van der Waals surface area contributed by atoms with Crippen LogP contribution in [-0.4, -0.2) is 6.09 Å². The molecule has 0 unspecified atom stereocenters. The smallest absolute Gasteiger partial charge is 0.409 e. The average molecular weight is 248 g/mol. The van der Waals surface area contributed by atoms with Crippen molar-refractivity contribution in [3.63, 3.8) is 0 Å². The molecule has 99 valence electrons. The number of hydrogen-bond donors (Lipinski definition) is 0. The van der Waals surface area contributed by atoms with Crippen LogP contribution in [0.15, 0.2) is 18.2 Å². The number of ether oxygens (including phenoxy) is 1. The molecule has 1 aromatic rings. The lowest BCUT2D eigenvalue weighted by molar-refractivity contribution is 0.208. The van der Waals surface area contributed by atoms with Crippen LogP contribution in [0.3, 0.4) is 0 Å². The number of carbonyl (C=O) groups is 1. The highest BCUT2D eigenvalue weighted by Crippen LogP contribution is 2.24. The van der Waals surface area contributed by atoms with Gasteiger partial charge in [0.05, 0.1) is 0 Å². The largest absolute Gasteiger partial charge is 0.431 e. The van der Waals surface area contributed by atoms with Crippen molar-refractivity contribution in [3.8, 4) is 5.75 Å². The molecular weight excluding hydrogens is 226 g/mol. The zero-order valence-corrected chi connectivity index (χ0v) is 11.6. The maximum absolute atomic E-state index is 10.8. The molecule has 0 saturated heterocycles. The van der Waals surface area contributed by atoms with Gasteiger partial charge in [-0.15, -0.1) is 0 Å². The van der Waals surface area contributed by atoms with E-state index in [-0.39, 0.29) is 0 Å². The summed E-state index contributed by atoms with van der Waals surface area (Å²) in [6.07, 6.45) is 0.867. The maximum Gasteiger partial charge on any atom is 0.431 e. The quantitative estimate of drug-likeness (QED) is 0.794. The number of amides is 1. The topological polar surface area (TPSA) is 50.1 Å².